The lowest BCUT2D eigenvalue weighted by Crippen LogP contribution is -2.27. The smallest absolute Gasteiger partial charge is 0.337 e. The van der Waals surface area contributed by atoms with Gasteiger partial charge in [0.25, 0.3) is 5.56 Å². The van der Waals surface area contributed by atoms with Crippen molar-refractivity contribution in [3.8, 4) is 5.88 Å². The van der Waals surface area contributed by atoms with Crippen LogP contribution in [-0.4, -0.2) is 33.9 Å². The molecule has 2 aromatic rings. The molecule has 0 radical (unpaired) electrons. The molecule has 0 aliphatic heterocycles. The number of H-pyrrole nitrogens is 2. The monoisotopic (exact) mass is 317 g/mol. The van der Waals surface area contributed by atoms with Gasteiger partial charge in [-0.25, -0.2) is 9.59 Å². The summed E-state index contributed by atoms with van der Waals surface area (Å²) in [4.78, 5) is 43.0. The second-order valence-corrected chi connectivity index (χ2v) is 4.59. The van der Waals surface area contributed by atoms with Crippen LogP contribution in [0.4, 0.5) is 5.69 Å². The van der Waals surface area contributed by atoms with Crippen LogP contribution in [0.1, 0.15) is 29.3 Å². The van der Waals surface area contributed by atoms with E-state index < -0.39 is 23.1 Å². The van der Waals surface area contributed by atoms with Crippen LogP contribution in [0.15, 0.2) is 38.8 Å². The fraction of sp³-hybridized carbons (Fsp3) is 0.200. The van der Waals surface area contributed by atoms with Gasteiger partial charge in [0.2, 0.25) is 5.88 Å². The zero-order valence-electron chi connectivity index (χ0n) is 12.5. The van der Waals surface area contributed by atoms with Crippen LogP contribution in [0.3, 0.4) is 0 Å². The Morgan fingerprint density at radius 1 is 1.30 bits per heavy atom. The van der Waals surface area contributed by atoms with Crippen molar-refractivity contribution in [2.24, 2.45) is 4.99 Å². The Kier molecular flexibility index (Phi) is 4.75. The molecule has 120 valence electrons. The molecule has 0 atom stereocenters. The minimum atomic E-state index is -0.806. The molecular weight excluding hydrogens is 302 g/mol. The number of aromatic hydroxyl groups is 1. The molecule has 0 saturated carbocycles. The Morgan fingerprint density at radius 3 is 2.65 bits per heavy atom. The number of nitrogens with zero attached hydrogens (tertiary/aromatic N) is 1. The first-order valence-electron chi connectivity index (χ1n) is 6.78. The Hall–Kier alpha value is -3.16. The van der Waals surface area contributed by atoms with Crippen LogP contribution in [0.2, 0.25) is 0 Å². The lowest BCUT2D eigenvalue weighted by molar-refractivity contribution is 0.0601. The number of hydrogen-bond donors (Lipinski definition) is 3. The van der Waals surface area contributed by atoms with E-state index in [0.717, 1.165) is 0 Å². The van der Waals surface area contributed by atoms with E-state index in [0.29, 0.717) is 17.7 Å². The fourth-order valence-electron chi connectivity index (χ4n) is 2.03. The molecule has 1 aromatic carbocycles. The van der Waals surface area contributed by atoms with Crippen LogP contribution in [0.5, 0.6) is 5.88 Å². The van der Waals surface area contributed by atoms with Gasteiger partial charge in [0.1, 0.15) is 5.56 Å². The summed E-state index contributed by atoms with van der Waals surface area (Å²) in [7, 11) is 1.27. The van der Waals surface area contributed by atoms with Crippen molar-refractivity contribution in [2.75, 3.05) is 7.11 Å². The molecule has 1 aromatic heterocycles. The second kappa shape index (κ2) is 6.73. The molecule has 0 aliphatic rings. The van der Waals surface area contributed by atoms with Crippen molar-refractivity contribution in [2.45, 2.75) is 13.3 Å². The van der Waals surface area contributed by atoms with E-state index in [-0.39, 0.29) is 11.3 Å². The highest BCUT2D eigenvalue weighted by molar-refractivity contribution is 6.03. The highest BCUT2D eigenvalue weighted by Crippen LogP contribution is 2.19. The number of aromatic nitrogens is 2. The number of carbonyl (C=O) groups excluding carboxylic acids is 1. The molecule has 1 heterocycles. The molecule has 0 spiro atoms. The fourth-order valence-corrected chi connectivity index (χ4v) is 2.03. The van der Waals surface area contributed by atoms with Crippen molar-refractivity contribution >= 4 is 17.4 Å². The summed E-state index contributed by atoms with van der Waals surface area (Å²) in [5.74, 6) is -1.06. The number of esters is 1. The maximum absolute atomic E-state index is 11.9. The van der Waals surface area contributed by atoms with Gasteiger partial charge in [-0.15, -0.1) is 0 Å². The third-order valence-electron chi connectivity index (χ3n) is 3.08. The number of hydrogen-bond acceptors (Lipinski definition) is 6. The minimum Gasteiger partial charge on any atom is -0.494 e. The number of nitrogens with one attached hydrogen (secondary N) is 2. The van der Waals surface area contributed by atoms with Gasteiger partial charge in [-0.1, -0.05) is 13.0 Å². The molecule has 8 heteroatoms. The van der Waals surface area contributed by atoms with Gasteiger partial charge < -0.3 is 9.84 Å². The predicted octanol–water partition coefficient (Wildman–Crippen LogP) is 1.09. The van der Waals surface area contributed by atoms with E-state index in [1.807, 2.05) is 4.98 Å². The highest BCUT2D eigenvalue weighted by Gasteiger charge is 2.14. The molecular formula is C15H15N3O5. The largest absolute Gasteiger partial charge is 0.494 e. The standard InChI is InChI=1S/C15H15N3O5/c1-3-10(11-12(19)17-15(22)18-13(11)20)16-9-6-4-5-8(7-9)14(21)23-2/h4-7H,3H2,1-2H3,(H3,17,18,19,20,22). The van der Waals surface area contributed by atoms with E-state index >= 15 is 0 Å². The normalized spacial score (nSPS) is 11.3. The highest BCUT2D eigenvalue weighted by atomic mass is 16.5. The zero-order valence-corrected chi connectivity index (χ0v) is 12.5. The van der Waals surface area contributed by atoms with Crippen molar-refractivity contribution < 1.29 is 14.6 Å². The summed E-state index contributed by atoms with van der Waals surface area (Å²) < 4.78 is 4.64. The van der Waals surface area contributed by atoms with Gasteiger partial charge in [-0.2, -0.15) is 0 Å². The summed E-state index contributed by atoms with van der Waals surface area (Å²) in [5, 5.41) is 9.80. The zero-order chi connectivity index (χ0) is 17.0. The van der Waals surface area contributed by atoms with E-state index in [1.54, 1.807) is 25.1 Å². The minimum absolute atomic E-state index is 0.115. The SMILES string of the molecule is CCC(=Nc1cccc(C(=O)OC)c1)c1c(O)[nH]c(=O)[nH]c1=O. The van der Waals surface area contributed by atoms with Crippen LogP contribution in [0, 0.1) is 0 Å². The van der Waals surface area contributed by atoms with Crippen LogP contribution in [0.25, 0.3) is 0 Å². The van der Waals surface area contributed by atoms with E-state index in [4.69, 9.17) is 0 Å². The van der Waals surface area contributed by atoms with Gasteiger partial charge in [0.05, 0.1) is 24.1 Å². The van der Waals surface area contributed by atoms with Gasteiger partial charge in [-0.05, 0) is 24.6 Å². The molecule has 0 saturated heterocycles. The van der Waals surface area contributed by atoms with Gasteiger partial charge >= 0.3 is 11.7 Å². The summed E-state index contributed by atoms with van der Waals surface area (Å²) in [6.07, 6.45) is 0.325. The van der Waals surface area contributed by atoms with Crippen LogP contribution >= 0.6 is 0 Å². The number of aliphatic imine (C=N–C) groups is 1. The Bertz CT molecular complexity index is 879. The third-order valence-corrected chi connectivity index (χ3v) is 3.08. The van der Waals surface area contributed by atoms with Gasteiger partial charge in [-0.3, -0.25) is 19.8 Å². The average molecular weight is 317 g/mol. The first kappa shape index (κ1) is 16.2. The van der Waals surface area contributed by atoms with Crippen molar-refractivity contribution in [1.29, 1.82) is 0 Å². The van der Waals surface area contributed by atoms with Crippen molar-refractivity contribution in [3.63, 3.8) is 0 Å². The summed E-state index contributed by atoms with van der Waals surface area (Å²) >= 11 is 0. The first-order valence-corrected chi connectivity index (χ1v) is 6.78. The van der Waals surface area contributed by atoms with Crippen molar-refractivity contribution in [1.82, 2.24) is 9.97 Å². The number of aromatic amines is 2. The predicted molar refractivity (Wildman–Crippen MR) is 83.6 cm³/mol. The summed E-state index contributed by atoms with van der Waals surface area (Å²) in [6.45, 7) is 1.74. The lowest BCUT2D eigenvalue weighted by Gasteiger charge is -2.06. The Morgan fingerprint density at radius 2 is 2.04 bits per heavy atom. The molecule has 0 unspecified atom stereocenters. The van der Waals surface area contributed by atoms with Crippen LogP contribution < -0.4 is 11.2 Å². The number of benzene rings is 1. The van der Waals surface area contributed by atoms with Gasteiger partial charge in [0, 0.05) is 0 Å². The number of ether oxygens (including phenoxy) is 1. The van der Waals surface area contributed by atoms with E-state index in [1.165, 1.54) is 13.2 Å². The molecule has 23 heavy (non-hydrogen) atoms. The second-order valence-electron chi connectivity index (χ2n) is 4.59. The lowest BCUT2D eigenvalue weighted by atomic mass is 10.1. The summed E-state index contributed by atoms with van der Waals surface area (Å²) in [5.41, 5.74) is -0.675. The maximum Gasteiger partial charge on any atom is 0.337 e. The molecule has 8 nitrogen and oxygen atoms in total. The van der Waals surface area contributed by atoms with Gasteiger partial charge in [0.15, 0.2) is 0 Å². The summed E-state index contributed by atoms with van der Waals surface area (Å²) in [6, 6.07) is 6.33. The Balaban J connectivity index is 2.54. The quantitative estimate of drug-likeness (QED) is 0.575. The number of carbonyl (C=O) groups is 1. The maximum atomic E-state index is 11.9. The average Bonchev–Trinajstić information content (AvgIpc) is 2.52. The first-order chi connectivity index (χ1) is 11.0. The topological polar surface area (TPSA) is 125 Å². The molecule has 0 aliphatic carbocycles. The molecule has 2 rings (SSSR count). The number of methoxy groups -OCH3 is 1. The third kappa shape index (κ3) is 3.54. The van der Waals surface area contributed by atoms with Crippen LogP contribution in [-0.2, 0) is 4.74 Å². The molecule has 3 N–H and O–H groups in total. The molecule has 0 amide bonds. The number of rotatable bonds is 4. The van der Waals surface area contributed by atoms with Crippen molar-refractivity contribution in [3.05, 3.63) is 56.2 Å². The van der Waals surface area contributed by atoms with E-state index in [9.17, 15) is 19.5 Å². The Labute approximate surface area is 130 Å². The molecule has 0 bridgehead atoms. The van der Waals surface area contributed by atoms with E-state index in [2.05, 4.69) is 14.7 Å². The molecule has 0 fully saturated rings.